The average molecular weight is 393 g/mol. The third-order valence-corrected chi connectivity index (χ3v) is 5.10. The maximum Gasteiger partial charge on any atom is 0.333 e. The van der Waals surface area contributed by atoms with Crippen molar-refractivity contribution in [1.29, 1.82) is 0 Å². The van der Waals surface area contributed by atoms with Gasteiger partial charge in [0.05, 0.1) is 4.90 Å². The zero-order valence-corrected chi connectivity index (χ0v) is 16.1. The predicted molar refractivity (Wildman–Crippen MR) is 102 cm³/mol. The quantitative estimate of drug-likeness (QED) is 0.543. The molecule has 2 rings (SSSR count). The van der Waals surface area contributed by atoms with E-state index in [4.69, 9.17) is 4.74 Å². The van der Waals surface area contributed by atoms with Gasteiger partial charge in [-0.15, -0.1) is 0 Å². The Balaban J connectivity index is 1.97. The molecule has 1 heterocycles. The number of amides is 1. The Bertz CT molecular complexity index is 875. The molecule has 0 fully saturated rings. The number of anilines is 1. The van der Waals surface area contributed by atoms with Crippen molar-refractivity contribution in [2.45, 2.75) is 38.0 Å². The second-order valence-corrected chi connectivity index (χ2v) is 7.67. The van der Waals surface area contributed by atoms with Crippen LogP contribution in [0.2, 0.25) is 0 Å². The molecule has 2 N–H and O–H groups in total. The molecule has 0 saturated heterocycles. The van der Waals surface area contributed by atoms with E-state index in [9.17, 15) is 18.0 Å². The van der Waals surface area contributed by atoms with E-state index in [-0.39, 0.29) is 10.6 Å². The molecule has 0 saturated carbocycles. The molecule has 1 aliphatic rings. The van der Waals surface area contributed by atoms with Crippen LogP contribution in [-0.2, 0) is 24.3 Å². The third kappa shape index (κ3) is 6.21. The first kappa shape index (κ1) is 20.6. The lowest BCUT2D eigenvalue weighted by Gasteiger charge is -2.10. The Kier molecular flexibility index (Phi) is 7.12. The maximum atomic E-state index is 12.4. The number of aliphatic imine (C=N–C) groups is 1. The number of hydrogen-bond donors (Lipinski definition) is 2. The lowest BCUT2D eigenvalue weighted by atomic mass is 10.2. The normalized spacial score (nSPS) is 14.4. The molecule has 27 heavy (non-hydrogen) atoms. The fraction of sp³-hybridized carbons (Fsp3) is 0.389. The average Bonchev–Trinajstić information content (AvgIpc) is 3.12. The van der Waals surface area contributed by atoms with Crippen molar-refractivity contribution in [3.8, 4) is 0 Å². The highest BCUT2D eigenvalue weighted by molar-refractivity contribution is 7.90. The molecule has 1 aliphatic heterocycles. The van der Waals surface area contributed by atoms with E-state index in [1.54, 1.807) is 19.1 Å². The first-order valence-corrected chi connectivity index (χ1v) is 10.1. The van der Waals surface area contributed by atoms with Gasteiger partial charge in [0.15, 0.2) is 6.61 Å². The summed E-state index contributed by atoms with van der Waals surface area (Å²) in [7, 11) is -3.77. The number of carbonyl (C=O) groups excluding carboxylic acids is 2. The fourth-order valence-electron chi connectivity index (χ4n) is 2.41. The van der Waals surface area contributed by atoms with Crippen molar-refractivity contribution in [2.75, 3.05) is 18.5 Å². The number of sulfonamides is 1. The molecule has 0 aliphatic carbocycles. The first-order valence-electron chi connectivity index (χ1n) is 8.61. The zero-order valence-electron chi connectivity index (χ0n) is 15.3. The molecule has 1 amide bonds. The lowest BCUT2D eigenvalue weighted by Crippen LogP contribution is -2.29. The van der Waals surface area contributed by atoms with Crippen LogP contribution in [0.15, 0.2) is 45.8 Å². The zero-order chi connectivity index (χ0) is 19.9. The van der Waals surface area contributed by atoms with Crippen LogP contribution in [0.4, 0.5) is 5.69 Å². The Morgan fingerprint density at radius 1 is 1.33 bits per heavy atom. The lowest BCUT2D eigenvalue weighted by molar-refractivity contribution is -0.143. The van der Waals surface area contributed by atoms with Crippen molar-refractivity contribution in [3.05, 3.63) is 35.9 Å². The summed E-state index contributed by atoms with van der Waals surface area (Å²) in [6.45, 7) is 3.65. The summed E-state index contributed by atoms with van der Waals surface area (Å²) in [4.78, 5) is 27.7. The topological polar surface area (TPSA) is 114 Å². The summed E-state index contributed by atoms with van der Waals surface area (Å²) < 4.78 is 32.2. The van der Waals surface area contributed by atoms with E-state index >= 15 is 0 Å². The summed E-state index contributed by atoms with van der Waals surface area (Å²) in [6.07, 6.45) is 3.80. The number of rotatable bonds is 7. The summed E-state index contributed by atoms with van der Waals surface area (Å²) in [5, 5.41) is 2.52. The Morgan fingerprint density at radius 3 is 2.78 bits per heavy atom. The first-order chi connectivity index (χ1) is 12.8. The molecule has 0 atom stereocenters. The van der Waals surface area contributed by atoms with Crippen LogP contribution in [-0.4, -0.2) is 39.3 Å². The van der Waals surface area contributed by atoms with Gasteiger partial charge in [-0.05, 0) is 38.0 Å². The number of allylic oxidation sites excluding steroid dienone is 1. The Hall–Kier alpha value is -2.68. The highest BCUT2D eigenvalue weighted by atomic mass is 32.2. The van der Waals surface area contributed by atoms with E-state index in [2.05, 4.69) is 15.0 Å². The van der Waals surface area contributed by atoms with E-state index in [1.807, 2.05) is 6.92 Å². The van der Waals surface area contributed by atoms with E-state index in [1.165, 1.54) is 18.2 Å². The van der Waals surface area contributed by atoms with Crippen LogP contribution in [0.1, 0.15) is 33.1 Å². The molecular formula is C18H23N3O5S. The molecule has 0 spiro atoms. The molecule has 0 radical (unpaired) electrons. The SMILES string of the molecule is CC/C=C(/C)C(=O)OCC(=O)Nc1cccc(S(=O)(=O)NC2=NCCC2)c1. The van der Waals surface area contributed by atoms with Crippen molar-refractivity contribution in [1.82, 2.24) is 4.72 Å². The molecule has 9 heteroatoms. The summed E-state index contributed by atoms with van der Waals surface area (Å²) >= 11 is 0. The minimum atomic E-state index is -3.77. The predicted octanol–water partition coefficient (Wildman–Crippen LogP) is 2.00. The number of amidine groups is 1. The van der Waals surface area contributed by atoms with Gasteiger partial charge in [0.2, 0.25) is 0 Å². The van der Waals surface area contributed by atoms with Gasteiger partial charge in [-0.1, -0.05) is 19.1 Å². The number of ether oxygens (including phenoxy) is 1. The number of esters is 1. The van der Waals surface area contributed by atoms with Gasteiger partial charge in [-0.2, -0.15) is 0 Å². The van der Waals surface area contributed by atoms with Gasteiger partial charge >= 0.3 is 5.97 Å². The van der Waals surface area contributed by atoms with Gasteiger partial charge in [0.25, 0.3) is 15.9 Å². The second-order valence-electron chi connectivity index (χ2n) is 5.98. The largest absolute Gasteiger partial charge is 0.452 e. The van der Waals surface area contributed by atoms with Gasteiger partial charge in [0.1, 0.15) is 5.84 Å². The fourth-order valence-corrected chi connectivity index (χ4v) is 3.54. The monoisotopic (exact) mass is 393 g/mol. The Labute approximate surface area is 158 Å². The molecule has 0 unspecified atom stereocenters. The third-order valence-electron chi connectivity index (χ3n) is 3.72. The Morgan fingerprint density at radius 2 is 2.11 bits per heavy atom. The minimum Gasteiger partial charge on any atom is -0.452 e. The molecule has 0 bridgehead atoms. The number of hydrogen-bond acceptors (Lipinski definition) is 6. The van der Waals surface area contributed by atoms with Crippen LogP contribution < -0.4 is 10.0 Å². The van der Waals surface area contributed by atoms with Crippen molar-refractivity contribution in [3.63, 3.8) is 0 Å². The second kappa shape index (κ2) is 9.31. The highest BCUT2D eigenvalue weighted by Gasteiger charge is 2.19. The standard InChI is InChI=1S/C18H23N3O5S/c1-3-6-13(2)18(23)26-12-17(22)20-14-7-4-8-15(11-14)27(24,25)21-16-9-5-10-19-16/h4,6-8,11H,3,5,9-10,12H2,1-2H3,(H,19,21)(H,20,22)/b13-6-. The molecule has 146 valence electrons. The number of nitrogens with one attached hydrogen (secondary N) is 2. The van der Waals surface area contributed by atoms with Crippen LogP contribution >= 0.6 is 0 Å². The summed E-state index contributed by atoms with van der Waals surface area (Å²) in [6, 6.07) is 5.82. The highest BCUT2D eigenvalue weighted by Crippen LogP contribution is 2.16. The van der Waals surface area contributed by atoms with Crippen molar-refractivity contribution < 1.29 is 22.7 Å². The smallest absolute Gasteiger partial charge is 0.333 e. The van der Waals surface area contributed by atoms with Gasteiger partial charge in [-0.25, -0.2) is 13.2 Å². The molecule has 1 aromatic carbocycles. The summed E-state index contributed by atoms with van der Waals surface area (Å²) in [5.41, 5.74) is 0.715. The van der Waals surface area contributed by atoms with Crippen molar-refractivity contribution >= 4 is 33.4 Å². The van der Waals surface area contributed by atoms with Crippen LogP contribution in [0.3, 0.4) is 0 Å². The van der Waals surface area contributed by atoms with Gasteiger partial charge in [0, 0.05) is 24.2 Å². The van der Waals surface area contributed by atoms with Gasteiger partial charge in [-0.3, -0.25) is 14.5 Å². The minimum absolute atomic E-state index is 0.00798. The summed E-state index contributed by atoms with van der Waals surface area (Å²) in [5.74, 6) is -0.688. The van der Waals surface area contributed by atoms with Crippen LogP contribution in [0.5, 0.6) is 0 Å². The number of benzene rings is 1. The maximum absolute atomic E-state index is 12.4. The molecular weight excluding hydrogens is 370 g/mol. The molecule has 8 nitrogen and oxygen atoms in total. The van der Waals surface area contributed by atoms with Crippen molar-refractivity contribution in [2.24, 2.45) is 4.99 Å². The molecule has 0 aromatic heterocycles. The van der Waals surface area contributed by atoms with Gasteiger partial charge < -0.3 is 10.1 Å². The molecule has 1 aromatic rings. The number of carbonyl (C=O) groups is 2. The van der Waals surface area contributed by atoms with E-state index in [0.717, 1.165) is 6.42 Å². The van der Waals surface area contributed by atoms with Crippen LogP contribution in [0, 0.1) is 0 Å². The van der Waals surface area contributed by atoms with E-state index in [0.29, 0.717) is 30.8 Å². The van der Waals surface area contributed by atoms with E-state index < -0.39 is 28.5 Å². The van der Waals surface area contributed by atoms with Crippen LogP contribution in [0.25, 0.3) is 0 Å². The number of nitrogens with zero attached hydrogens (tertiary/aromatic N) is 1.